The monoisotopic (exact) mass is 434 g/mol. The van der Waals surface area contributed by atoms with E-state index in [1.165, 1.54) is 43.4 Å². The van der Waals surface area contributed by atoms with Gasteiger partial charge in [-0.25, -0.2) is 0 Å². The molecule has 0 aliphatic carbocycles. The lowest BCUT2D eigenvalue weighted by molar-refractivity contribution is 0.415. The largest absolute Gasteiger partial charge is 0.497 e. The van der Waals surface area contributed by atoms with E-state index in [-0.39, 0.29) is 0 Å². The summed E-state index contributed by atoms with van der Waals surface area (Å²) in [6.07, 6.45) is 0. The van der Waals surface area contributed by atoms with Gasteiger partial charge in [0.25, 0.3) is 0 Å². The van der Waals surface area contributed by atoms with Crippen LogP contribution < -0.4 is 4.74 Å². The molecule has 0 amide bonds. The van der Waals surface area contributed by atoms with Crippen molar-refractivity contribution in [3.8, 4) is 28.7 Å². The normalized spacial score (nSPS) is 10.9. The molecule has 1 nitrogen and oxygen atoms in total. The highest BCUT2D eigenvalue weighted by Crippen LogP contribution is 2.41. The molecule has 34 heavy (non-hydrogen) atoms. The second-order valence-electron chi connectivity index (χ2n) is 8.39. The van der Waals surface area contributed by atoms with E-state index in [1.54, 1.807) is 7.11 Å². The fraction of sp³-hybridized carbons (Fsp3) is 0.0303. The fourth-order valence-electron chi connectivity index (χ4n) is 4.72. The number of benzene rings is 6. The molecule has 0 unspecified atom stereocenters. The van der Waals surface area contributed by atoms with Crippen LogP contribution in [0, 0.1) is 11.8 Å². The molecule has 0 saturated carbocycles. The number of hydrogen-bond acceptors (Lipinski definition) is 1. The molecule has 0 aliphatic rings. The van der Waals surface area contributed by atoms with E-state index in [0.717, 1.165) is 16.9 Å². The first-order chi connectivity index (χ1) is 16.8. The van der Waals surface area contributed by atoms with Crippen molar-refractivity contribution in [2.45, 2.75) is 0 Å². The Bertz CT molecular complexity index is 1720. The van der Waals surface area contributed by atoms with Crippen LogP contribution in [0.4, 0.5) is 0 Å². The Morgan fingerprint density at radius 1 is 0.529 bits per heavy atom. The number of rotatable bonds is 2. The van der Waals surface area contributed by atoms with Gasteiger partial charge in [0.05, 0.1) is 7.11 Å². The van der Waals surface area contributed by atoms with Crippen LogP contribution in [0.25, 0.3) is 43.4 Å². The molecule has 6 aromatic rings. The number of hydrogen-bond donors (Lipinski definition) is 0. The molecule has 0 radical (unpaired) electrons. The molecule has 0 atom stereocenters. The third-order valence-corrected chi connectivity index (χ3v) is 6.37. The van der Waals surface area contributed by atoms with Gasteiger partial charge in [0.15, 0.2) is 0 Å². The van der Waals surface area contributed by atoms with Gasteiger partial charge in [-0.1, -0.05) is 90.7 Å². The number of fused-ring (bicyclic) bond motifs is 3. The molecular weight excluding hydrogens is 412 g/mol. The van der Waals surface area contributed by atoms with Gasteiger partial charge in [0, 0.05) is 11.1 Å². The first-order valence-corrected chi connectivity index (χ1v) is 11.4. The summed E-state index contributed by atoms with van der Waals surface area (Å²) in [6.45, 7) is 0. The average molecular weight is 435 g/mol. The quantitative estimate of drug-likeness (QED) is 0.197. The van der Waals surface area contributed by atoms with Crippen LogP contribution in [0.1, 0.15) is 11.1 Å². The summed E-state index contributed by atoms with van der Waals surface area (Å²) >= 11 is 0. The van der Waals surface area contributed by atoms with Crippen LogP contribution in [0.2, 0.25) is 0 Å². The van der Waals surface area contributed by atoms with Gasteiger partial charge in [-0.05, 0) is 79.8 Å². The van der Waals surface area contributed by atoms with Gasteiger partial charge in [-0.15, -0.1) is 0 Å². The molecule has 0 heterocycles. The van der Waals surface area contributed by atoms with E-state index in [2.05, 4.69) is 96.8 Å². The molecule has 0 fully saturated rings. The molecule has 6 aromatic carbocycles. The van der Waals surface area contributed by atoms with Crippen LogP contribution in [0.5, 0.6) is 5.75 Å². The zero-order chi connectivity index (χ0) is 22.9. The highest BCUT2D eigenvalue weighted by molar-refractivity contribution is 6.19. The second kappa shape index (κ2) is 8.43. The summed E-state index contributed by atoms with van der Waals surface area (Å²) < 4.78 is 5.41. The SMILES string of the molecule is COc1ccc(-c2c3ccccc3c(C#Cc3ccccc3)c3cc4ccccc4cc23)cc1. The molecule has 0 saturated heterocycles. The van der Waals surface area contributed by atoms with Crippen molar-refractivity contribution in [1.29, 1.82) is 0 Å². The predicted octanol–water partition coefficient (Wildman–Crippen LogP) is 8.22. The van der Waals surface area contributed by atoms with Crippen molar-refractivity contribution >= 4 is 32.3 Å². The van der Waals surface area contributed by atoms with E-state index in [4.69, 9.17) is 4.74 Å². The third-order valence-electron chi connectivity index (χ3n) is 6.37. The van der Waals surface area contributed by atoms with Gasteiger partial charge in [-0.3, -0.25) is 0 Å². The fourth-order valence-corrected chi connectivity index (χ4v) is 4.72. The van der Waals surface area contributed by atoms with Crippen molar-refractivity contribution in [2.75, 3.05) is 7.11 Å². The number of methoxy groups -OCH3 is 1. The lowest BCUT2D eigenvalue weighted by Gasteiger charge is -2.16. The van der Waals surface area contributed by atoms with E-state index < -0.39 is 0 Å². The zero-order valence-electron chi connectivity index (χ0n) is 18.9. The van der Waals surface area contributed by atoms with Crippen LogP contribution in [-0.4, -0.2) is 7.11 Å². The van der Waals surface area contributed by atoms with Gasteiger partial charge in [0.2, 0.25) is 0 Å². The summed E-state index contributed by atoms with van der Waals surface area (Å²) in [5, 5.41) is 7.19. The first-order valence-electron chi connectivity index (χ1n) is 11.4. The van der Waals surface area contributed by atoms with E-state index in [9.17, 15) is 0 Å². The summed E-state index contributed by atoms with van der Waals surface area (Å²) in [7, 11) is 1.70. The maximum absolute atomic E-state index is 5.41. The Morgan fingerprint density at radius 2 is 1.15 bits per heavy atom. The zero-order valence-corrected chi connectivity index (χ0v) is 18.9. The Kier molecular flexibility index (Phi) is 4.98. The van der Waals surface area contributed by atoms with Crippen LogP contribution in [-0.2, 0) is 0 Å². The minimum Gasteiger partial charge on any atom is -0.497 e. The molecule has 0 spiro atoms. The Hall–Kier alpha value is -4.54. The topological polar surface area (TPSA) is 9.23 Å². The second-order valence-corrected chi connectivity index (χ2v) is 8.39. The molecule has 6 rings (SSSR count). The van der Waals surface area contributed by atoms with E-state index in [1.807, 2.05) is 30.3 Å². The van der Waals surface area contributed by atoms with Gasteiger partial charge >= 0.3 is 0 Å². The summed E-state index contributed by atoms with van der Waals surface area (Å²) in [5.74, 6) is 7.79. The molecule has 0 aliphatic heterocycles. The molecular formula is C33H22O. The average Bonchev–Trinajstić information content (AvgIpc) is 2.91. The van der Waals surface area contributed by atoms with Crippen molar-refractivity contribution in [3.05, 3.63) is 126 Å². The summed E-state index contributed by atoms with van der Waals surface area (Å²) in [4.78, 5) is 0. The molecule has 0 N–H and O–H groups in total. The van der Waals surface area contributed by atoms with Gasteiger partial charge < -0.3 is 4.74 Å². The number of ether oxygens (including phenoxy) is 1. The van der Waals surface area contributed by atoms with Crippen molar-refractivity contribution < 1.29 is 4.74 Å². The molecule has 160 valence electrons. The minimum atomic E-state index is 0.855. The summed E-state index contributed by atoms with van der Waals surface area (Å²) in [6, 6.07) is 40.3. The van der Waals surface area contributed by atoms with Crippen LogP contribution >= 0.6 is 0 Å². The Balaban J connectivity index is 1.75. The standard InChI is InChI=1S/C33H22O/c1-34-27-18-16-24(17-19-27)33-30-14-8-7-13-28(30)29(20-15-23-9-3-2-4-10-23)31-21-25-11-5-6-12-26(25)22-32(31)33/h2-14,16-19,21-22H,1H3. The molecule has 0 aromatic heterocycles. The predicted molar refractivity (Wildman–Crippen MR) is 143 cm³/mol. The summed E-state index contributed by atoms with van der Waals surface area (Å²) in [5.41, 5.74) is 4.47. The van der Waals surface area contributed by atoms with E-state index >= 15 is 0 Å². The Morgan fingerprint density at radius 3 is 1.85 bits per heavy atom. The van der Waals surface area contributed by atoms with Crippen LogP contribution in [0.3, 0.4) is 0 Å². The maximum Gasteiger partial charge on any atom is 0.118 e. The maximum atomic E-state index is 5.41. The van der Waals surface area contributed by atoms with Gasteiger partial charge in [0.1, 0.15) is 5.75 Å². The van der Waals surface area contributed by atoms with Crippen molar-refractivity contribution in [2.24, 2.45) is 0 Å². The van der Waals surface area contributed by atoms with Crippen molar-refractivity contribution in [1.82, 2.24) is 0 Å². The first kappa shape index (κ1) is 20.1. The molecule has 0 bridgehead atoms. The van der Waals surface area contributed by atoms with Crippen molar-refractivity contribution in [3.63, 3.8) is 0 Å². The van der Waals surface area contributed by atoms with E-state index in [0.29, 0.717) is 0 Å². The van der Waals surface area contributed by atoms with Crippen LogP contribution in [0.15, 0.2) is 115 Å². The van der Waals surface area contributed by atoms with Gasteiger partial charge in [-0.2, -0.15) is 0 Å². The minimum absolute atomic E-state index is 0.855. The Labute approximate surface area is 199 Å². The lowest BCUT2D eigenvalue weighted by Crippen LogP contribution is -1.92. The highest BCUT2D eigenvalue weighted by Gasteiger charge is 2.15. The third kappa shape index (κ3) is 3.47. The highest BCUT2D eigenvalue weighted by atomic mass is 16.5. The molecule has 1 heteroatoms. The smallest absolute Gasteiger partial charge is 0.118 e. The lowest BCUT2D eigenvalue weighted by atomic mass is 9.87.